The van der Waals surface area contributed by atoms with Crippen molar-refractivity contribution >= 4 is 10.8 Å². The van der Waals surface area contributed by atoms with Crippen LogP contribution in [0.3, 0.4) is 0 Å². The first-order chi connectivity index (χ1) is 20.0. The van der Waals surface area contributed by atoms with Crippen LogP contribution in [0.1, 0.15) is 94.6 Å². The van der Waals surface area contributed by atoms with Crippen LogP contribution in [0.25, 0.3) is 21.9 Å². The van der Waals surface area contributed by atoms with Gasteiger partial charge in [-0.3, -0.25) is 0 Å². The summed E-state index contributed by atoms with van der Waals surface area (Å²) in [5.41, 5.74) is 6.95. The van der Waals surface area contributed by atoms with Gasteiger partial charge in [-0.2, -0.15) is 0 Å². The van der Waals surface area contributed by atoms with Crippen LogP contribution in [0.2, 0.25) is 0 Å². The Hall–Kier alpha value is -2.86. The molecule has 0 radical (unpaired) electrons. The van der Waals surface area contributed by atoms with E-state index in [9.17, 15) is 0 Å². The van der Waals surface area contributed by atoms with Gasteiger partial charge in [0.1, 0.15) is 0 Å². The molecular weight excluding hydrogens is 492 g/mol. The van der Waals surface area contributed by atoms with Gasteiger partial charge in [-0.25, -0.2) is 0 Å². The number of fused-ring (bicyclic) bond motifs is 6. The molecule has 4 aromatic carbocycles. The average Bonchev–Trinajstić information content (AvgIpc) is 3.39. The predicted octanol–water partition coefficient (Wildman–Crippen LogP) is 11.4. The van der Waals surface area contributed by atoms with Gasteiger partial charge in [0.05, 0.1) is 0 Å². The van der Waals surface area contributed by atoms with Crippen LogP contribution >= 0.6 is 0 Å². The van der Waals surface area contributed by atoms with Gasteiger partial charge in [0.2, 0.25) is 0 Å². The third kappa shape index (κ3) is 4.31. The average molecular weight is 539 g/mol. The maximum absolute atomic E-state index is 2.74. The lowest BCUT2D eigenvalue weighted by Crippen LogP contribution is -2.52. The second kappa shape index (κ2) is 9.86. The van der Waals surface area contributed by atoms with Crippen LogP contribution in [0.5, 0.6) is 0 Å². The van der Waals surface area contributed by atoms with E-state index in [-0.39, 0.29) is 0 Å². The Kier molecular flexibility index (Phi) is 6.21. The molecule has 8 rings (SSSR count). The fourth-order valence-electron chi connectivity index (χ4n) is 10.9. The third-order valence-corrected chi connectivity index (χ3v) is 13.2. The fourth-order valence-corrected chi connectivity index (χ4v) is 10.9. The SMILES string of the molecule is C[C@]12CC[C@H]3[C@@H](CCC4CC(c5ccc6ccccc6c5)CC[C@@]43C)[C@@H]1CC(c1ccc(-c3ccccc3)cc1)C2. The highest BCUT2D eigenvalue weighted by Gasteiger charge is 2.59. The van der Waals surface area contributed by atoms with Crippen molar-refractivity contribution in [2.45, 2.75) is 83.5 Å². The van der Waals surface area contributed by atoms with Crippen molar-refractivity contribution < 1.29 is 0 Å². The zero-order chi connectivity index (χ0) is 27.6. The molecule has 4 aliphatic rings. The fraction of sp³-hybridized carbons (Fsp3) is 0.463. The lowest BCUT2D eigenvalue weighted by atomic mass is 9.44. The van der Waals surface area contributed by atoms with Crippen molar-refractivity contribution in [1.29, 1.82) is 0 Å². The van der Waals surface area contributed by atoms with Crippen LogP contribution in [-0.2, 0) is 0 Å². The predicted molar refractivity (Wildman–Crippen MR) is 173 cm³/mol. The second-order valence-corrected chi connectivity index (χ2v) is 15.1. The molecule has 41 heavy (non-hydrogen) atoms. The van der Waals surface area contributed by atoms with E-state index < -0.39 is 0 Å². The molecule has 8 atom stereocenters. The van der Waals surface area contributed by atoms with Gasteiger partial charge in [0.25, 0.3) is 0 Å². The molecule has 4 fully saturated rings. The van der Waals surface area contributed by atoms with Crippen LogP contribution < -0.4 is 0 Å². The maximum Gasteiger partial charge on any atom is -0.0154 e. The van der Waals surface area contributed by atoms with E-state index in [1.54, 1.807) is 11.1 Å². The van der Waals surface area contributed by atoms with Crippen molar-refractivity contribution in [2.24, 2.45) is 34.5 Å². The summed E-state index contributed by atoms with van der Waals surface area (Å²) in [5.74, 6) is 5.19. The van der Waals surface area contributed by atoms with E-state index in [1.807, 2.05) is 0 Å². The van der Waals surface area contributed by atoms with Gasteiger partial charge in [0.15, 0.2) is 0 Å². The van der Waals surface area contributed by atoms with Crippen LogP contribution in [0.15, 0.2) is 97.1 Å². The first-order valence-electron chi connectivity index (χ1n) is 16.6. The number of hydrogen-bond acceptors (Lipinski definition) is 0. The molecule has 0 spiro atoms. The minimum atomic E-state index is 0.537. The summed E-state index contributed by atoms with van der Waals surface area (Å²) in [6.07, 6.45) is 12.9. The molecular formula is C41H46. The van der Waals surface area contributed by atoms with E-state index in [1.165, 1.54) is 79.7 Å². The molecule has 0 N–H and O–H groups in total. The van der Waals surface area contributed by atoms with Gasteiger partial charge in [0, 0.05) is 0 Å². The van der Waals surface area contributed by atoms with Crippen molar-refractivity contribution in [3.8, 4) is 11.1 Å². The molecule has 0 saturated heterocycles. The molecule has 0 heterocycles. The van der Waals surface area contributed by atoms with Gasteiger partial charge >= 0.3 is 0 Å². The van der Waals surface area contributed by atoms with Crippen molar-refractivity contribution in [2.75, 3.05) is 0 Å². The van der Waals surface area contributed by atoms with Crippen LogP contribution in [0.4, 0.5) is 0 Å². The topological polar surface area (TPSA) is 0 Å². The Morgan fingerprint density at radius 2 is 1.29 bits per heavy atom. The monoisotopic (exact) mass is 538 g/mol. The quantitative estimate of drug-likeness (QED) is 0.243. The summed E-state index contributed by atoms with van der Waals surface area (Å²) in [7, 11) is 0. The van der Waals surface area contributed by atoms with E-state index in [0.29, 0.717) is 10.8 Å². The molecule has 210 valence electrons. The van der Waals surface area contributed by atoms with Crippen molar-refractivity contribution in [3.63, 3.8) is 0 Å². The maximum atomic E-state index is 2.74. The molecule has 4 saturated carbocycles. The van der Waals surface area contributed by atoms with E-state index in [4.69, 9.17) is 0 Å². The Labute approximate surface area is 247 Å². The molecule has 4 aromatic rings. The summed E-state index contributed by atoms with van der Waals surface area (Å²) in [6, 6.07) is 36.7. The largest absolute Gasteiger partial charge is 0.0622 e. The minimum absolute atomic E-state index is 0.537. The molecule has 0 bridgehead atoms. The Balaban J connectivity index is 0.992. The Bertz CT molecular complexity index is 1530. The summed E-state index contributed by atoms with van der Waals surface area (Å²) < 4.78 is 0. The van der Waals surface area contributed by atoms with Crippen LogP contribution in [-0.4, -0.2) is 0 Å². The molecule has 0 nitrogen and oxygen atoms in total. The molecule has 0 heteroatoms. The normalized spacial score (nSPS) is 36.3. The molecule has 0 amide bonds. The first kappa shape index (κ1) is 25.8. The van der Waals surface area contributed by atoms with Gasteiger partial charge in [-0.1, -0.05) is 111 Å². The van der Waals surface area contributed by atoms with Crippen LogP contribution in [0, 0.1) is 34.5 Å². The summed E-state index contributed by atoms with van der Waals surface area (Å²) in [6.45, 7) is 5.42. The minimum Gasteiger partial charge on any atom is -0.0622 e. The van der Waals surface area contributed by atoms with Crippen molar-refractivity contribution in [3.05, 3.63) is 108 Å². The van der Waals surface area contributed by atoms with Gasteiger partial charge in [-0.15, -0.1) is 0 Å². The highest BCUT2D eigenvalue weighted by Crippen LogP contribution is 2.68. The number of hydrogen-bond donors (Lipinski definition) is 0. The first-order valence-corrected chi connectivity index (χ1v) is 16.6. The second-order valence-electron chi connectivity index (χ2n) is 15.1. The Morgan fingerprint density at radius 1 is 0.561 bits per heavy atom. The highest BCUT2D eigenvalue weighted by molar-refractivity contribution is 5.83. The van der Waals surface area contributed by atoms with E-state index >= 15 is 0 Å². The van der Waals surface area contributed by atoms with E-state index in [0.717, 1.165) is 35.5 Å². The summed E-state index contributed by atoms with van der Waals surface area (Å²) in [5, 5.41) is 2.80. The molecule has 3 unspecified atom stereocenters. The lowest BCUT2D eigenvalue weighted by molar-refractivity contribution is -0.106. The Morgan fingerprint density at radius 3 is 2.12 bits per heavy atom. The number of benzene rings is 4. The molecule has 0 aromatic heterocycles. The summed E-state index contributed by atoms with van der Waals surface area (Å²) in [4.78, 5) is 0. The number of rotatable bonds is 3. The molecule has 4 aliphatic carbocycles. The standard InChI is InChI=1S/C41H46/c1-40-22-21-38-37(39(40)26-35(27-40)31-14-12-30(13-15-31)28-8-4-3-5-9-28)19-18-36-25-34(20-23-41(36,38)2)33-17-16-29-10-6-7-11-32(29)24-33/h3-17,24,34-39H,18-23,25-27H2,1-2H3/t34?,35?,36?,37-,38+,39+,40-,41+/m1/s1. The lowest BCUT2D eigenvalue weighted by Gasteiger charge is -2.60. The highest BCUT2D eigenvalue weighted by atomic mass is 14.6. The zero-order valence-electron chi connectivity index (χ0n) is 25.1. The van der Waals surface area contributed by atoms with Gasteiger partial charge < -0.3 is 0 Å². The van der Waals surface area contributed by atoms with Crippen molar-refractivity contribution in [1.82, 2.24) is 0 Å². The zero-order valence-corrected chi connectivity index (χ0v) is 25.1. The smallest absolute Gasteiger partial charge is 0.0154 e. The summed E-state index contributed by atoms with van der Waals surface area (Å²) >= 11 is 0. The molecule has 0 aliphatic heterocycles. The van der Waals surface area contributed by atoms with E-state index in [2.05, 4.69) is 111 Å². The third-order valence-electron chi connectivity index (χ3n) is 13.2. The van der Waals surface area contributed by atoms with Gasteiger partial charge in [-0.05, 0) is 137 Å².